The minimum Gasteiger partial charge on any atom is -0.383 e. The van der Waals surface area contributed by atoms with Crippen molar-refractivity contribution in [1.29, 1.82) is 5.26 Å². The van der Waals surface area contributed by atoms with E-state index < -0.39 is 14.9 Å². The Morgan fingerprint density at radius 2 is 2.04 bits per heavy atom. The third kappa shape index (κ3) is 4.88. The molecule has 0 spiro atoms. The maximum atomic E-state index is 12.4. The predicted octanol–water partition coefficient (Wildman–Crippen LogP) is 1.32. The van der Waals surface area contributed by atoms with Crippen LogP contribution in [0.2, 0.25) is 0 Å². The fraction of sp³-hybridized carbons (Fsp3) is 0.533. The number of non-ortho nitro benzene ring substituents is 1. The molecule has 0 amide bonds. The number of hydrogen-bond acceptors (Lipinski definition) is 7. The smallest absolute Gasteiger partial charge is 0.270 e. The third-order valence-corrected chi connectivity index (χ3v) is 5.59. The number of hydrogen-bond donors (Lipinski definition) is 1. The summed E-state index contributed by atoms with van der Waals surface area (Å²) in [6.45, 7) is 4.37. The first-order valence-electron chi connectivity index (χ1n) is 7.78. The Morgan fingerprint density at radius 3 is 2.60 bits per heavy atom. The zero-order valence-corrected chi connectivity index (χ0v) is 14.8. The molecule has 0 aromatic heterocycles. The normalized spacial score (nSPS) is 21.5. The summed E-state index contributed by atoms with van der Waals surface area (Å²) in [5.74, 6) is -0.145. The number of anilines is 1. The first kappa shape index (κ1) is 19.1. The average molecular weight is 368 g/mol. The minimum atomic E-state index is -3.46. The van der Waals surface area contributed by atoms with E-state index in [4.69, 9.17) is 10.00 Å². The van der Waals surface area contributed by atoms with Crippen LogP contribution < -0.4 is 5.32 Å². The summed E-state index contributed by atoms with van der Waals surface area (Å²) in [5, 5.41) is 22.7. The van der Waals surface area contributed by atoms with Crippen molar-refractivity contribution >= 4 is 21.4 Å². The van der Waals surface area contributed by atoms with Gasteiger partial charge < -0.3 is 10.1 Å². The quantitative estimate of drug-likeness (QED) is 0.593. The zero-order chi connectivity index (χ0) is 18.6. The lowest BCUT2D eigenvalue weighted by atomic mass is 10.1. The van der Waals surface area contributed by atoms with Crippen LogP contribution in [-0.2, 0) is 14.8 Å². The van der Waals surface area contributed by atoms with Gasteiger partial charge in [-0.05, 0) is 19.9 Å². The number of sulfonamides is 1. The van der Waals surface area contributed by atoms with Gasteiger partial charge in [-0.15, -0.1) is 0 Å². The van der Waals surface area contributed by atoms with E-state index in [1.54, 1.807) is 0 Å². The van der Waals surface area contributed by atoms with Crippen LogP contribution in [0.3, 0.4) is 0 Å². The molecule has 0 unspecified atom stereocenters. The Labute approximate surface area is 146 Å². The molecular formula is C15H20N4O5S. The van der Waals surface area contributed by atoms with Gasteiger partial charge in [-0.3, -0.25) is 10.1 Å². The van der Waals surface area contributed by atoms with E-state index in [0.29, 0.717) is 18.8 Å². The van der Waals surface area contributed by atoms with E-state index in [2.05, 4.69) is 5.32 Å². The Kier molecular flexibility index (Phi) is 5.94. The van der Waals surface area contributed by atoms with Crippen LogP contribution in [0.5, 0.6) is 0 Å². The van der Waals surface area contributed by atoms with Crippen molar-refractivity contribution in [3.05, 3.63) is 33.9 Å². The van der Waals surface area contributed by atoms with Crippen molar-refractivity contribution in [1.82, 2.24) is 4.31 Å². The second-order valence-electron chi connectivity index (χ2n) is 5.92. The topological polar surface area (TPSA) is 126 Å². The Bertz CT molecular complexity index is 780. The highest BCUT2D eigenvalue weighted by Gasteiger charge is 2.30. The molecule has 136 valence electrons. The summed E-state index contributed by atoms with van der Waals surface area (Å²) in [5.41, 5.74) is 0.276. The average Bonchev–Trinajstić information content (AvgIpc) is 2.53. The summed E-state index contributed by atoms with van der Waals surface area (Å²) >= 11 is 0. The zero-order valence-electron chi connectivity index (χ0n) is 14.0. The molecule has 25 heavy (non-hydrogen) atoms. The first-order chi connectivity index (χ1) is 11.7. The third-order valence-electron chi connectivity index (χ3n) is 3.79. The van der Waals surface area contributed by atoms with E-state index in [1.807, 2.05) is 19.9 Å². The van der Waals surface area contributed by atoms with Gasteiger partial charge >= 0.3 is 0 Å². The van der Waals surface area contributed by atoms with Crippen LogP contribution in [0.4, 0.5) is 11.4 Å². The molecule has 1 N–H and O–H groups in total. The SMILES string of the molecule is C[C@H]1CN(S(=O)(=O)CCNc2ccc([N+](=O)[O-])cc2C#N)C[C@H](C)O1. The summed E-state index contributed by atoms with van der Waals surface area (Å²) in [6, 6.07) is 5.70. The first-order valence-corrected chi connectivity index (χ1v) is 9.39. The monoisotopic (exact) mass is 368 g/mol. The minimum absolute atomic E-state index is 0.0922. The Balaban J connectivity index is 2.00. The fourth-order valence-electron chi connectivity index (χ4n) is 2.69. The van der Waals surface area contributed by atoms with Gasteiger partial charge in [-0.1, -0.05) is 0 Å². The van der Waals surface area contributed by atoms with Gasteiger partial charge in [0.1, 0.15) is 6.07 Å². The number of nitriles is 1. The van der Waals surface area contributed by atoms with Crippen molar-refractivity contribution in [3.63, 3.8) is 0 Å². The Morgan fingerprint density at radius 1 is 1.40 bits per heavy atom. The number of morpholine rings is 1. The van der Waals surface area contributed by atoms with Crippen LogP contribution in [0, 0.1) is 21.4 Å². The lowest BCUT2D eigenvalue weighted by Crippen LogP contribution is -2.49. The molecular weight excluding hydrogens is 348 g/mol. The molecule has 9 nitrogen and oxygen atoms in total. The largest absolute Gasteiger partial charge is 0.383 e. The molecule has 0 bridgehead atoms. The lowest BCUT2D eigenvalue weighted by molar-refractivity contribution is -0.384. The van der Waals surface area contributed by atoms with E-state index in [0.717, 1.165) is 6.07 Å². The molecule has 2 atom stereocenters. The maximum Gasteiger partial charge on any atom is 0.270 e. The highest BCUT2D eigenvalue weighted by Crippen LogP contribution is 2.21. The van der Waals surface area contributed by atoms with Gasteiger partial charge in [0.05, 0.1) is 34.1 Å². The van der Waals surface area contributed by atoms with Gasteiger partial charge in [-0.25, -0.2) is 8.42 Å². The number of nitro groups is 1. The van der Waals surface area contributed by atoms with Crippen molar-refractivity contribution in [2.45, 2.75) is 26.1 Å². The van der Waals surface area contributed by atoms with Crippen LogP contribution in [0.25, 0.3) is 0 Å². The van der Waals surface area contributed by atoms with Crippen LogP contribution in [-0.4, -0.2) is 55.2 Å². The molecule has 1 aliphatic heterocycles. The molecule has 1 aromatic rings. The van der Waals surface area contributed by atoms with Crippen LogP contribution >= 0.6 is 0 Å². The molecule has 10 heteroatoms. The van der Waals surface area contributed by atoms with Crippen LogP contribution in [0.15, 0.2) is 18.2 Å². The summed E-state index contributed by atoms with van der Waals surface area (Å²) in [7, 11) is -3.46. The fourth-order valence-corrected chi connectivity index (χ4v) is 4.19. The van der Waals surface area contributed by atoms with Crippen molar-refractivity contribution in [2.24, 2.45) is 0 Å². The molecule has 1 aliphatic rings. The van der Waals surface area contributed by atoms with E-state index >= 15 is 0 Å². The van der Waals surface area contributed by atoms with Gasteiger partial charge in [0.2, 0.25) is 10.0 Å². The molecule has 0 aliphatic carbocycles. The van der Waals surface area contributed by atoms with E-state index in [-0.39, 0.29) is 35.8 Å². The van der Waals surface area contributed by atoms with Gasteiger partial charge in [-0.2, -0.15) is 9.57 Å². The highest BCUT2D eigenvalue weighted by atomic mass is 32.2. The molecule has 1 saturated heterocycles. The van der Waals surface area contributed by atoms with E-state index in [1.165, 1.54) is 16.4 Å². The molecule has 1 aromatic carbocycles. The second kappa shape index (κ2) is 7.77. The number of benzene rings is 1. The number of nitrogens with zero attached hydrogens (tertiary/aromatic N) is 3. The molecule has 0 saturated carbocycles. The van der Waals surface area contributed by atoms with E-state index in [9.17, 15) is 18.5 Å². The number of nitrogens with one attached hydrogen (secondary N) is 1. The standard InChI is InChI=1S/C15H20N4O5S/c1-11-9-18(10-12(2)24-11)25(22,23)6-5-17-15-4-3-14(19(20)21)7-13(15)8-16/h3-4,7,11-12,17H,5-6,9-10H2,1-2H3/t11-,12-/m0/s1. The summed E-state index contributed by atoms with van der Waals surface area (Å²) in [4.78, 5) is 10.1. The lowest BCUT2D eigenvalue weighted by Gasteiger charge is -2.34. The molecule has 0 radical (unpaired) electrons. The number of rotatable bonds is 6. The number of ether oxygens (including phenoxy) is 1. The van der Waals surface area contributed by atoms with Gasteiger partial charge in [0.25, 0.3) is 5.69 Å². The molecule has 1 fully saturated rings. The molecule has 1 heterocycles. The van der Waals surface area contributed by atoms with Crippen LogP contribution in [0.1, 0.15) is 19.4 Å². The summed E-state index contributed by atoms with van der Waals surface area (Å²) in [6.07, 6.45) is -0.322. The molecule has 2 rings (SSSR count). The maximum absolute atomic E-state index is 12.4. The van der Waals surface area contributed by atoms with Crippen molar-refractivity contribution in [3.8, 4) is 6.07 Å². The highest BCUT2D eigenvalue weighted by molar-refractivity contribution is 7.89. The van der Waals surface area contributed by atoms with Crippen molar-refractivity contribution < 1.29 is 18.1 Å². The predicted molar refractivity (Wildman–Crippen MR) is 91.7 cm³/mol. The summed E-state index contributed by atoms with van der Waals surface area (Å²) < 4.78 is 31.8. The van der Waals surface area contributed by atoms with Gasteiger partial charge in [0.15, 0.2) is 0 Å². The van der Waals surface area contributed by atoms with Crippen molar-refractivity contribution in [2.75, 3.05) is 30.7 Å². The second-order valence-corrected chi connectivity index (χ2v) is 8.00. The van der Waals surface area contributed by atoms with Gasteiger partial charge in [0, 0.05) is 31.8 Å². The number of nitro benzene ring substituents is 1. The Hall–Kier alpha value is -2.22.